The Kier molecular flexibility index (Phi) is 2.37. The zero-order valence-electron chi connectivity index (χ0n) is 9.67. The molecule has 0 saturated heterocycles. The molecule has 3 aromatic rings. The zero-order chi connectivity index (χ0) is 12.7. The lowest BCUT2D eigenvalue weighted by molar-refractivity contribution is 0.591. The summed E-state index contributed by atoms with van der Waals surface area (Å²) in [6.07, 6.45) is 0. The van der Waals surface area contributed by atoms with Crippen molar-refractivity contribution in [3.05, 3.63) is 53.6 Å². The van der Waals surface area contributed by atoms with Gasteiger partial charge in [-0.1, -0.05) is 24.3 Å². The molecule has 0 unspecified atom stereocenters. The van der Waals surface area contributed by atoms with Crippen molar-refractivity contribution >= 4 is 11.0 Å². The molecule has 0 aliphatic rings. The molecule has 0 radical (unpaired) electrons. The van der Waals surface area contributed by atoms with Crippen LogP contribution in [0.15, 0.2) is 36.4 Å². The SMILES string of the molecule is Cc1ccccc1-c1nc2c(F)cc(F)cc2[nH]1. The second kappa shape index (κ2) is 3.91. The molecule has 90 valence electrons. The van der Waals surface area contributed by atoms with E-state index in [1.807, 2.05) is 31.2 Å². The van der Waals surface area contributed by atoms with Gasteiger partial charge in [0.25, 0.3) is 0 Å². The molecule has 0 saturated carbocycles. The van der Waals surface area contributed by atoms with Crippen molar-refractivity contribution in [2.24, 2.45) is 0 Å². The zero-order valence-corrected chi connectivity index (χ0v) is 9.67. The highest BCUT2D eigenvalue weighted by Gasteiger charge is 2.11. The van der Waals surface area contributed by atoms with Crippen LogP contribution >= 0.6 is 0 Å². The highest BCUT2D eigenvalue weighted by molar-refractivity contribution is 5.80. The van der Waals surface area contributed by atoms with Crippen LogP contribution < -0.4 is 0 Å². The lowest BCUT2D eigenvalue weighted by atomic mass is 10.1. The lowest BCUT2D eigenvalue weighted by Gasteiger charge is -2.00. The van der Waals surface area contributed by atoms with Gasteiger partial charge >= 0.3 is 0 Å². The first-order valence-electron chi connectivity index (χ1n) is 5.56. The lowest BCUT2D eigenvalue weighted by Crippen LogP contribution is -1.84. The third-order valence-electron chi connectivity index (χ3n) is 2.91. The quantitative estimate of drug-likeness (QED) is 0.692. The van der Waals surface area contributed by atoms with Crippen LogP contribution in [0.3, 0.4) is 0 Å². The Labute approximate surface area is 102 Å². The van der Waals surface area contributed by atoms with Crippen LogP contribution in [0.1, 0.15) is 5.56 Å². The number of aromatic nitrogens is 2. The van der Waals surface area contributed by atoms with E-state index in [4.69, 9.17) is 0 Å². The molecule has 1 aromatic heterocycles. The average Bonchev–Trinajstić information content (AvgIpc) is 2.73. The van der Waals surface area contributed by atoms with Gasteiger partial charge in [-0.2, -0.15) is 0 Å². The highest BCUT2D eigenvalue weighted by atomic mass is 19.1. The number of hydrogen-bond acceptors (Lipinski definition) is 1. The number of nitrogens with zero attached hydrogens (tertiary/aromatic N) is 1. The van der Waals surface area contributed by atoms with Crippen LogP contribution in [0.4, 0.5) is 8.78 Å². The number of benzene rings is 2. The molecule has 18 heavy (non-hydrogen) atoms. The van der Waals surface area contributed by atoms with Crippen LogP contribution in [0.2, 0.25) is 0 Å². The van der Waals surface area contributed by atoms with Crippen LogP contribution in [-0.4, -0.2) is 9.97 Å². The Bertz CT molecular complexity index is 732. The van der Waals surface area contributed by atoms with Crippen LogP contribution in [0.5, 0.6) is 0 Å². The first-order valence-corrected chi connectivity index (χ1v) is 5.56. The van der Waals surface area contributed by atoms with Crippen LogP contribution in [0, 0.1) is 18.6 Å². The van der Waals surface area contributed by atoms with Crippen LogP contribution in [-0.2, 0) is 0 Å². The number of rotatable bonds is 1. The molecule has 3 rings (SSSR count). The predicted octanol–water partition coefficient (Wildman–Crippen LogP) is 3.82. The van der Waals surface area contributed by atoms with E-state index in [0.29, 0.717) is 11.3 Å². The molecular weight excluding hydrogens is 234 g/mol. The third-order valence-corrected chi connectivity index (χ3v) is 2.91. The summed E-state index contributed by atoms with van der Waals surface area (Å²) in [6, 6.07) is 9.72. The summed E-state index contributed by atoms with van der Waals surface area (Å²) in [6.45, 7) is 1.94. The number of imidazole rings is 1. The number of aryl methyl sites for hydroxylation is 1. The van der Waals surface area contributed by atoms with Gasteiger partial charge in [0, 0.05) is 11.6 Å². The number of hydrogen-bond donors (Lipinski definition) is 1. The van der Waals surface area contributed by atoms with E-state index < -0.39 is 11.6 Å². The number of halogens is 2. The third kappa shape index (κ3) is 1.66. The second-order valence-electron chi connectivity index (χ2n) is 4.18. The van der Waals surface area contributed by atoms with E-state index in [1.54, 1.807) is 0 Å². The monoisotopic (exact) mass is 244 g/mol. The fraction of sp³-hybridized carbons (Fsp3) is 0.0714. The van der Waals surface area contributed by atoms with Crippen molar-refractivity contribution in [3.63, 3.8) is 0 Å². The molecule has 0 fully saturated rings. The minimum Gasteiger partial charge on any atom is -0.338 e. The Hall–Kier alpha value is -2.23. The van der Waals surface area contributed by atoms with E-state index in [0.717, 1.165) is 17.2 Å². The van der Waals surface area contributed by atoms with E-state index >= 15 is 0 Å². The van der Waals surface area contributed by atoms with Gasteiger partial charge in [-0.3, -0.25) is 0 Å². The van der Waals surface area contributed by atoms with Crippen LogP contribution in [0.25, 0.3) is 22.4 Å². The van der Waals surface area contributed by atoms with Gasteiger partial charge < -0.3 is 4.98 Å². The summed E-state index contributed by atoms with van der Waals surface area (Å²) < 4.78 is 26.7. The smallest absolute Gasteiger partial charge is 0.153 e. The Morgan fingerprint density at radius 1 is 1.11 bits per heavy atom. The van der Waals surface area contributed by atoms with Gasteiger partial charge in [0.15, 0.2) is 5.82 Å². The second-order valence-corrected chi connectivity index (χ2v) is 4.18. The maximum absolute atomic E-state index is 13.6. The summed E-state index contributed by atoms with van der Waals surface area (Å²) >= 11 is 0. The van der Waals surface area contributed by atoms with E-state index in [2.05, 4.69) is 9.97 Å². The minimum absolute atomic E-state index is 0.162. The minimum atomic E-state index is -0.652. The number of H-pyrrole nitrogens is 1. The van der Waals surface area contributed by atoms with Gasteiger partial charge in [-0.15, -0.1) is 0 Å². The van der Waals surface area contributed by atoms with Crippen molar-refractivity contribution in [2.75, 3.05) is 0 Å². The van der Waals surface area contributed by atoms with E-state index in [-0.39, 0.29) is 5.52 Å². The normalized spacial score (nSPS) is 11.1. The van der Waals surface area contributed by atoms with Gasteiger partial charge in [-0.05, 0) is 18.6 Å². The molecule has 0 bridgehead atoms. The molecule has 1 heterocycles. The first kappa shape index (κ1) is 10.9. The van der Waals surface area contributed by atoms with Crippen molar-refractivity contribution in [1.82, 2.24) is 9.97 Å². The Morgan fingerprint density at radius 2 is 1.89 bits per heavy atom. The summed E-state index contributed by atoms with van der Waals surface area (Å²) in [5.74, 6) is -0.714. The first-order chi connectivity index (χ1) is 8.65. The fourth-order valence-electron chi connectivity index (χ4n) is 2.01. The average molecular weight is 244 g/mol. The van der Waals surface area contributed by atoms with E-state index in [1.165, 1.54) is 6.07 Å². The highest BCUT2D eigenvalue weighted by Crippen LogP contribution is 2.25. The van der Waals surface area contributed by atoms with Crippen molar-refractivity contribution in [3.8, 4) is 11.4 Å². The topological polar surface area (TPSA) is 28.7 Å². The molecule has 0 amide bonds. The molecule has 0 atom stereocenters. The van der Waals surface area contributed by atoms with Crippen molar-refractivity contribution in [2.45, 2.75) is 6.92 Å². The van der Waals surface area contributed by atoms with Crippen molar-refractivity contribution in [1.29, 1.82) is 0 Å². The summed E-state index contributed by atoms with van der Waals surface area (Å²) in [5, 5.41) is 0. The molecule has 0 aliphatic carbocycles. The molecule has 0 spiro atoms. The standard InChI is InChI=1S/C14H10F2N2/c1-8-4-2-3-5-10(8)14-17-12-7-9(15)6-11(16)13(12)18-14/h2-7H,1H3,(H,17,18). The van der Waals surface area contributed by atoms with Gasteiger partial charge in [-0.25, -0.2) is 13.8 Å². The van der Waals surface area contributed by atoms with Gasteiger partial charge in [0.05, 0.1) is 5.52 Å². The largest absolute Gasteiger partial charge is 0.338 e. The maximum Gasteiger partial charge on any atom is 0.153 e. The molecule has 2 aromatic carbocycles. The van der Waals surface area contributed by atoms with Crippen molar-refractivity contribution < 1.29 is 8.78 Å². The number of fused-ring (bicyclic) bond motifs is 1. The fourth-order valence-corrected chi connectivity index (χ4v) is 2.01. The summed E-state index contributed by atoms with van der Waals surface area (Å²) in [5.41, 5.74) is 2.44. The van der Waals surface area contributed by atoms with Gasteiger partial charge in [0.2, 0.25) is 0 Å². The molecular formula is C14H10F2N2. The Morgan fingerprint density at radius 3 is 2.67 bits per heavy atom. The van der Waals surface area contributed by atoms with Gasteiger partial charge in [0.1, 0.15) is 17.2 Å². The molecule has 4 heteroatoms. The molecule has 1 N–H and O–H groups in total. The molecule has 2 nitrogen and oxygen atoms in total. The Balaban J connectivity index is 2.26. The van der Waals surface area contributed by atoms with E-state index in [9.17, 15) is 8.78 Å². The number of aromatic amines is 1. The number of nitrogens with one attached hydrogen (secondary N) is 1. The predicted molar refractivity (Wildman–Crippen MR) is 66.2 cm³/mol. The maximum atomic E-state index is 13.6. The summed E-state index contributed by atoms with van der Waals surface area (Å²) in [4.78, 5) is 7.13. The molecule has 0 aliphatic heterocycles. The summed E-state index contributed by atoms with van der Waals surface area (Å²) in [7, 11) is 0.